The van der Waals surface area contributed by atoms with E-state index in [2.05, 4.69) is 46.3 Å². The summed E-state index contributed by atoms with van der Waals surface area (Å²) in [6, 6.07) is 8.82. The van der Waals surface area contributed by atoms with E-state index in [0.717, 1.165) is 6.42 Å². The summed E-state index contributed by atoms with van der Waals surface area (Å²) < 4.78 is 0. The summed E-state index contributed by atoms with van der Waals surface area (Å²) in [6.07, 6.45) is 6.56. The third-order valence-corrected chi connectivity index (χ3v) is 4.65. The van der Waals surface area contributed by atoms with Crippen molar-refractivity contribution in [2.45, 2.75) is 31.8 Å². The Balaban J connectivity index is 2.16. The maximum Gasteiger partial charge on any atom is 0.0746 e. The van der Waals surface area contributed by atoms with Gasteiger partial charge in [-0.25, -0.2) is 0 Å². The molecular formula is C15H17NS2. The highest BCUT2D eigenvalue weighted by Crippen LogP contribution is 2.26. The molecule has 0 fully saturated rings. The zero-order valence-corrected chi connectivity index (χ0v) is 12.3. The van der Waals surface area contributed by atoms with E-state index in [4.69, 9.17) is 6.42 Å². The van der Waals surface area contributed by atoms with Gasteiger partial charge in [-0.05, 0) is 36.7 Å². The average molecular weight is 275 g/mol. The highest BCUT2D eigenvalue weighted by molar-refractivity contribution is 7.10. The van der Waals surface area contributed by atoms with Crippen molar-refractivity contribution in [2.24, 2.45) is 0 Å². The van der Waals surface area contributed by atoms with Gasteiger partial charge in [-0.15, -0.1) is 29.1 Å². The van der Waals surface area contributed by atoms with Gasteiger partial charge in [-0.1, -0.05) is 18.1 Å². The van der Waals surface area contributed by atoms with Gasteiger partial charge >= 0.3 is 0 Å². The molecule has 1 N–H and O–H groups in total. The van der Waals surface area contributed by atoms with Crippen molar-refractivity contribution in [1.29, 1.82) is 0 Å². The van der Waals surface area contributed by atoms with Crippen LogP contribution in [-0.2, 0) is 6.42 Å². The summed E-state index contributed by atoms with van der Waals surface area (Å²) in [5.41, 5.74) is -0.286. The normalized spacial score (nSPS) is 13.2. The van der Waals surface area contributed by atoms with Crippen LogP contribution in [0.25, 0.3) is 0 Å². The van der Waals surface area contributed by atoms with Crippen LogP contribution in [0.3, 0.4) is 0 Å². The summed E-state index contributed by atoms with van der Waals surface area (Å²) in [5, 5.41) is 7.80. The highest BCUT2D eigenvalue weighted by atomic mass is 32.1. The third-order valence-electron chi connectivity index (χ3n) is 2.77. The molecule has 0 saturated carbocycles. The maximum absolute atomic E-state index is 5.57. The van der Waals surface area contributed by atoms with E-state index in [0.29, 0.717) is 0 Å². The molecule has 3 heteroatoms. The van der Waals surface area contributed by atoms with Crippen LogP contribution in [0.15, 0.2) is 35.0 Å². The lowest BCUT2D eigenvalue weighted by atomic mass is 10.0. The zero-order valence-electron chi connectivity index (χ0n) is 10.6. The highest BCUT2D eigenvalue weighted by Gasteiger charge is 2.22. The Kier molecular flexibility index (Phi) is 4.23. The smallest absolute Gasteiger partial charge is 0.0746 e. The van der Waals surface area contributed by atoms with Crippen molar-refractivity contribution < 1.29 is 0 Å². The predicted octanol–water partition coefficient (Wildman–Crippen LogP) is 4.09. The van der Waals surface area contributed by atoms with Crippen molar-refractivity contribution in [3.63, 3.8) is 0 Å². The minimum Gasteiger partial charge on any atom is -0.294 e. The topological polar surface area (TPSA) is 12.0 Å². The summed E-state index contributed by atoms with van der Waals surface area (Å²) >= 11 is 3.57. The molecule has 2 heterocycles. The Bertz CT molecular complexity index is 503. The minimum absolute atomic E-state index is 0.286. The van der Waals surface area contributed by atoms with E-state index in [9.17, 15) is 0 Å². The lowest BCUT2D eigenvalue weighted by Gasteiger charge is -2.27. The average Bonchev–Trinajstić information content (AvgIpc) is 3.00. The molecule has 0 radical (unpaired) electrons. The second kappa shape index (κ2) is 5.71. The first-order valence-corrected chi connectivity index (χ1v) is 7.68. The summed E-state index contributed by atoms with van der Waals surface area (Å²) in [7, 11) is 0. The molecule has 1 nitrogen and oxygen atoms in total. The van der Waals surface area contributed by atoms with Gasteiger partial charge in [0.05, 0.1) is 5.54 Å². The number of nitrogens with one attached hydrogen (secondary N) is 1. The lowest BCUT2D eigenvalue weighted by molar-refractivity contribution is 0.415. The van der Waals surface area contributed by atoms with Gasteiger partial charge in [-0.3, -0.25) is 5.32 Å². The second-order valence-corrected chi connectivity index (χ2v) is 6.78. The molecule has 1 unspecified atom stereocenters. The summed E-state index contributed by atoms with van der Waals surface area (Å²) in [5.74, 6) is 2.81. The minimum atomic E-state index is -0.286. The second-order valence-electron chi connectivity index (χ2n) is 4.77. The molecule has 2 aromatic heterocycles. The largest absolute Gasteiger partial charge is 0.294 e. The van der Waals surface area contributed by atoms with Crippen LogP contribution in [0.4, 0.5) is 0 Å². The van der Waals surface area contributed by atoms with Crippen LogP contribution in [0, 0.1) is 12.3 Å². The molecular weight excluding hydrogens is 258 g/mol. The van der Waals surface area contributed by atoms with Crippen LogP contribution >= 0.6 is 22.7 Å². The first-order valence-electron chi connectivity index (χ1n) is 5.92. The molecule has 2 rings (SSSR count). The van der Waals surface area contributed by atoms with E-state index in [-0.39, 0.29) is 11.6 Å². The van der Waals surface area contributed by atoms with Crippen LogP contribution in [-0.4, -0.2) is 5.54 Å². The van der Waals surface area contributed by atoms with Crippen molar-refractivity contribution in [3.8, 4) is 12.3 Å². The van der Waals surface area contributed by atoms with Gasteiger partial charge in [0.15, 0.2) is 0 Å². The molecule has 1 atom stereocenters. The fourth-order valence-corrected chi connectivity index (χ4v) is 3.35. The van der Waals surface area contributed by atoms with E-state index in [1.54, 1.807) is 22.7 Å². The number of hydrogen-bond donors (Lipinski definition) is 1. The Labute approximate surface area is 117 Å². The quantitative estimate of drug-likeness (QED) is 0.810. The van der Waals surface area contributed by atoms with E-state index in [1.807, 2.05) is 13.8 Å². The van der Waals surface area contributed by atoms with Crippen molar-refractivity contribution >= 4 is 22.7 Å². The molecule has 94 valence electrons. The van der Waals surface area contributed by atoms with Crippen LogP contribution < -0.4 is 5.32 Å². The van der Waals surface area contributed by atoms with E-state index >= 15 is 0 Å². The molecule has 18 heavy (non-hydrogen) atoms. The van der Waals surface area contributed by atoms with Crippen LogP contribution in [0.1, 0.15) is 29.6 Å². The predicted molar refractivity (Wildman–Crippen MR) is 81.1 cm³/mol. The van der Waals surface area contributed by atoms with Crippen LogP contribution in [0.5, 0.6) is 0 Å². The molecule has 0 aliphatic rings. The van der Waals surface area contributed by atoms with Gasteiger partial charge in [0.1, 0.15) is 0 Å². The van der Waals surface area contributed by atoms with Crippen LogP contribution in [0.2, 0.25) is 0 Å². The Morgan fingerprint density at radius 2 is 2.00 bits per heavy atom. The Hall–Kier alpha value is -1.08. The monoisotopic (exact) mass is 275 g/mol. The van der Waals surface area contributed by atoms with Crippen molar-refractivity contribution in [3.05, 3.63) is 44.8 Å². The first-order chi connectivity index (χ1) is 8.61. The zero-order chi connectivity index (χ0) is 13.0. The molecule has 0 aromatic carbocycles. The SMILES string of the molecule is C#CC(C)(C)NC(Cc1cccs1)c1cccs1. The number of rotatable bonds is 5. The number of terminal acetylenes is 1. The van der Waals surface area contributed by atoms with Gasteiger partial charge in [0, 0.05) is 22.2 Å². The molecule has 0 bridgehead atoms. The van der Waals surface area contributed by atoms with Gasteiger partial charge < -0.3 is 0 Å². The Morgan fingerprint density at radius 3 is 2.56 bits per heavy atom. The first kappa shape index (κ1) is 13.4. The standard InChI is InChI=1S/C15H17NS2/c1-4-15(2,3)16-13(14-8-6-10-18-14)11-12-7-5-9-17-12/h1,5-10,13,16H,11H2,2-3H3. The maximum atomic E-state index is 5.57. The summed E-state index contributed by atoms with van der Waals surface area (Å²) in [4.78, 5) is 2.72. The lowest BCUT2D eigenvalue weighted by Crippen LogP contribution is -2.40. The molecule has 0 spiro atoms. The molecule has 0 amide bonds. The van der Waals surface area contributed by atoms with Gasteiger partial charge in [-0.2, -0.15) is 0 Å². The number of thiophene rings is 2. The van der Waals surface area contributed by atoms with E-state index in [1.165, 1.54) is 9.75 Å². The molecule has 0 aliphatic carbocycles. The van der Waals surface area contributed by atoms with Gasteiger partial charge in [0.2, 0.25) is 0 Å². The fourth-order valence-electron chi connectivity index (χ4n) is 1.82. The summed E-state index contributed by atoms with van der Waals surface area (Å²) in [6.45, 7) is 4.09. The third kappa shape index (κ3) is 3.46. The van der Waals surface area contributed by atoms with Crippen molar-refractivity contribution in [2.75, 3.05) is 0 Å². The van der Waals surface area contributed by atoms with Gasteiger partial charge in [0.25, 0.3) is 0 Å². The molecule has 0 saturated heterocycles. The molecule has 2 aromatic rings. The molecule has 0 aliphatic heterocycles. The Morgan fingerprint density at radius 1 is 1.28 bits per heavy atom. The fraction of sp³-hybridized carbons (Fsp3) is 0.333. The number of hydrogen-bond acceptors (Lipinski definition) is 3. The van der Waals surface area contributed by atoms with Crippen molar-refractivity contribution in [1.82, 2.24) is 5.32 Å². The van der Waals surface area contributed by atoms with E-state index < -0.39 is 0 Å².